The highest BCUT2D eigenvalue weighted by molar-refractivity contribution is 5.82. The zero-order chi connectivity index (χ0) is 8.27. The molecule has 1 saturated heterocycles. The normalized spacial score (nSPS) is 24.4. The molecule has 1 heterocycles. The maximum Gasteiger partial charge on any atom is 0.251 e. The molecule has 2 atom stereocenters. The van der Waals surface area contributed by atoms with Gasteiger partial charge in [0, 0.05) is 6.54 Å². The lowest BCUT2D eigenvalue weighted by Crippen LogP contribution is -2.31. The standard InChI is InChI=1S/C8H15NO2/c1-3-6(2)4-9-8(10)7-5-11-7/h6-7H,3-5H2,1-2H3,(H,9,10). The van der Waals surface area contributed by atoms with Crippen molar-refractivity contribution in [2.75, 3.05) is 13.2 Å². The molecule has 0 aromatic rings. The van der Waals surface area contributed by atoms with Gasteiger partial charge in [-0.05, 0) is 5.92 Å². The van der Waals surface area contributed by atoms with Gasteiger partial charge < -0.3 is 10.1 Å². The molecular formula is C8H15NO2. The van der Waals surface area contributed by atoms with E-state index in [4.69, 9.17) is 4.74 Å². The van der Waals surface area contributed by atoms with E-state index in [0.29, 0.717) is 12.5 Å². The largest absolute Gasteiger partial charge is 0.363 e. The highest BCUT2D eigenvalue weighted by Crippen LogP contribution is 2.08. The second-order valence-electron chi connectivity index (χ2n) is 3.08. The first-order valence-corrected chi connectivity index (χ1v) is 4.13. The Morgan fingerprint density at radius 2 is 2.45 bits per heavy atom. The van der Waals surface area contributed by atoms with Gasteiger partial charge in [0.05, 0.1) is 6.61 Å². The van der Waals surface area contributed by atoms with Crippen LogP contribution in [-0.4, -0.2) is 25.2 Å². The van der Waals surface area contributed by atoms with Gasteiger partial charge in [-0.3, -0.25) is 4.79 Å². The van der Waals surface area contributed by atoms with Crippen molar-refractivity contribution in [3.63, 3.8) is 0 Å². The lowest BCUT2D eigenvalue weighted by Gasteiger charge is -2.08. The van der Waals surface area contributed by atoms with Gasteiger partial charge in [-0.15, -0.1) is 0 Å². The summed E-state index contributed by atoms with van der Waals surface area (Å²) >= 11 is 0. The Morgan fingerprint density at radius 3 is 2.91 bits per heavy atom. The van der Waals surface area contributed by atoms with Gasteiger partial charge in [-0.2, -0.15) is 0 Å². The summed E-state index contributed by atoms with van der Waals surface area (Å²) in [4.78, 5) is 11.0. The van der Waals surface area contributed by atoms with Crippen molar-refractivity contribution < 1.29 is 9.53 Å². The molecule has 64 valence electrons. The number of carbonyl (C=O) groups excluding carboxylic acids is 1. The topological polar surface area (TPSA) is 41.6 Å². The second-order valence-corrected chi connectivity index (χ2v) is 3.08. The Balaban J connectivity index is 2.05. The predicted molar refractivity (Wildman–Crippen MR) is 42.2 cm³/mol. The first-order valence-electron chi connectivity index (χ1n) is 4.13. The van der Waals surface area contributed by atoms with Crippen LogP contribution in [0.1, 0.15) is 20.3 Å². The Labute approximate surface area is 67.1 Å². The first kappa shape index (κ1) is 8.53. The zero-order valence-corrected chi connectivity index (χ0v) is 7.09. The predicted octanol–water partition coefficient (Wildman–Crippen LogP) is 0.547. The van der Waals surface area contributed by atoms with Gasteiger partial charge in [-0.25, -0.2) is 0 Å². The van der Waals surface area contributed by atoms with Gasteiger partial charge in [-0.1, -0.05) is 20.3 Å². The smallest absolute Gasteiger partial charge is 0.251 e. The van der Waals surface area contributed by atoms with Crippen LogP contribution >= 0.6 is 0 Å². The lowest BCUT2D eigenvalue weighted by molar-refractivity contribution is -0.122. The van der Waals surface area contributed by atoms with Gasteiger partial charge in [0.1, 0.15) is 0 Å². The van der Waals surface area contributed by atoms with Crippen molar-refractivity contribution in [1.82, 2.24) is 5.32 Å². The molecule has 2 unspecified atom stereocenters. The fourth-order valence-corrected chi connectivity index (χ4v) is 0.732. The van der Waals surface area contributed by atoms with E-state index in [-0.39, 0.29) is 12.0 Å². The molecule has 0 aliphatic carbocycles. The average molecular weight is 157 g/mol. The molecule has 0 saturated carbocycles. The second kappa shape index (κ2) is 3.72. The number of hydrogen-bond donors (Lipinski definition) is 1. The van der Waals surface area contributed by atoms with Gasteiger partial charge in [0.15, 0.2) is 6.10 Å². The first-order chi connectivity index (χ1) is 5.24. The molecule has 1 amide bonds. The summed E-state index contributed by atoms with van der Waals surface area (Å²) in [5.41, 5.74) is 0. The average Bonchev–Trinajstić information content (AvgIpc) is 2.81. The van der Waals surface area contributed by atoms with Crippen molar-refractivity contribution in [2.45, 2.75) is 26.4 Å². The van der Waals surface area contributed by atoms with E-state index in [1.165, 1.54) is 0 Å². The molecule has 0 radical (unpaired) electrons. The zero-order valence-electron chi connectivity index (χ0n) is 7.09. The minimum atomic E-state index is -0.140. The van der Waals surface area contributed by atoms with E-state index in [0.717, 1.165) is 13.0 Å². The monoisotopic (exact) mass is 157 g/mol. The Bertz CT molecular complexity index is 143. The Morgan fingerprint density at radius 1 is 1.82 bits per heavy atom. The number of rotatable bonds is 4. The van der Waals surface area contributed by atoms with Crippen LogP contribution in [0.3, 0.4) is 0 Å². The number of ether oxygens (including phenoxy) is 1. The quantitative estimate of drug-likeness (QED) is 0.605. The molecule has 1 aliphatic rings. The van der Waals surface area contributed by atoms with Crippen LogP contribution in [0.4, 0.5) is 0 Å². The summed E-state index contributed by atoms with van der Waals surface area (Å²) in [7, 11) is 0. The van der Waals surface area contributed by atoms with Crippen LogP contribution in [0.15, 0.2) is 0 Å². The molecule has 11 heavy (non-hydrogen) atoms. The van der Waals surface area contributed by atoms with Crippen molar-refractivity contribution in [1.29, 1.82) is 0 Å². The van der Waals surface area contributed by atoms with E-state index in [1.54, 1.807) is 0 Å². The van der Waals surface area contributed by atoms with Crippen molar-refractivity contribution >= 4 is 5.91 Å². The highest BCUT2D eigenvalue weighted by Gasteiger charge is 2.30. The summed E-state index contributed by atoms with van der Waals surface area (Å²) in [6, 6.07) is 0. The van der Waals surface area contributed by atoms with Crippen LogP contribution in [0.25, 0.3) is 0 Å². The van der Waals surface area contributed by atoms with Crippen LogP contribution in [-0.2, 0) is 9.53 Å². The third kappa shape index (κ3) is 2.89. The van der Waals surface area contributed by atoms with Gasteiger partial charge in [0.25, 0.3) is 5.91 Å². The van der Waals surface area contributed by atoms with Gasteiger partial charge in [0.2, 0.25) is 0 Å². The third-order valence-corrected chi connectivity index (χ3v) is 1.95. The molecule has 0 aromatic heterocycles. The third-order valence-electron chi connectivity index (χ3n) is 1.95. The molecule has 0 spiro atoms. The molecular weight excluding hydrogens is 142 g/mol. The van der Waals surface area contributed by atoms with E-state index >= 15 is 0 Å². The molecule has 1 fully saturated rings. The van der Waals surface area contributed by atoms with Crippen molar-refractivity contribution in [3.05, 3.63) is 0 Å². The van der Waals surface area contributed by atoms with Crippen molar-refractivity contribution in [2.24, 2.45) is 5.92 Å². The van der Waals surface area contributed by atoms with E-state index < -0.39 is 0 Å². The number of amides is 1. The molecule has 0 aromatic carbocycles. The van der Waals surface area contributed by atoms with Gasteiger partial charge >= 0.3 is 0 Å². The number of epoxide rings is 1. The summed E-state index contributed by atoms with van der Waals surface area (Å²) in [5, 5.41) is 2.83. The highest BCUT2D eigenvalue weighted by atomic mass is 16.6. The summed E-state index contributed by atoms with van der Waals surface area (Å²) in [6.45, 7) is 5.61. The minimum absolute atomic E-state index is 0.0466. The molecule has 1 aliphatic heterocycles. The summed E-state index contributed by atoms with van der Waals surface area (Å²) in [5.74, 6) is 0.614. The van der Waals surface area contributed by atoms with Crippen molar-refractivity contribution in [3.8, 4) is 0 Å². The SMILES string of the molecule is CCC(C)CNC(=O)C1CO1. The van der Waals surface area contributed by atoms with Crippen LogP contribution < -0.4 is 5.32 Å². The molecule has 3 nitrogen and oxygen atoms in total. The summed E-state index contributed by atoms with van der Waals surface area (Å²) in [6.07, 6.45) is 0.963. The van der Waals surface area contributed by atoms with E-state index in [9.17, 15) is 4.79 Å². The molecule has 1 N–H and O–H groups in total. The Kier molecular flexibility index (Phi) is 2.88. The Hall–Kier alpha value is -0.570. The summed E-state index contributed by atoms with van der Waals surface area (Å²) < 4.78 is 4.82. The number of carbonyl (C=O) groups is 1. The molecule has 0 bridgehead atoms. The maximum atomic E-state index is 11.0. The maximum absolute atomic E-state index is 11.0. The van der Waals surface area contributed by atoms with Crippen LogP contribution in [0, 0.1) is 5.92 Å². The van der Waals surface area contributed by atoms with Crippen LogP contribution in [0.2, 0.25) is 0 Å². The fraction of sp³-hybridized carbons (Fsp3) is 0.875. The number of nitrogens with one attached hydrogen (secondary N) is 1. The fourth-order valence-electron chi connectivity index (χ4n) is 0.732. The van der Waals surface area contributed by atoms with E-state index in [2.05, 4.69) is 19.2 Å². The van der Waals surface area contributed by atoms with Crippen LogP contribution in [0.5, 0.6) is 0 Å². The number of hydrogen-bond acceptors (Lipinski definition) is 2. The minimum Gasteiger partial charge on any atom is -0.363 e. The molecule has 1 rings (SSSR count). The lowest BCUT2D eigenvalue weighted by atomic mass is 10.1. The molecule has 3 heteroatoms. The van der Waals surface area contributed by atoms with E-state index in [1.807, 2.05) is 0 Å².